The first kappa shape index (κ1) is 19.0. The van der Waals surface area contributed by atoms with Crippen LogP contribution in [0.2, 0.25) is 0 Å². The summed E-state index contributed by atoms with van der Waals surface area (Å²) < 4.78 is 41.6. The van der Waals surface area contributed by atoms with E-state index < -0.39 is 24.2 Å². The molecular formula is C19H18F3N7. The first-order chi connectivity index (χ1) is 13.9. The molecule has 1 unspecified atom stereocenters. The lowest BCUT2D eigenvalue weighted by Crippen LogP contribution is -2.25. The number of aromatic amines is 1. The molecule has 0 saturated carbocycles. The van der Waals surface area contributed by atoms with Gasteiger partial charge in [0, 0.05) is 49.5 Å². The maximum absolute atomic E-state index is 14.5. The molecular weight excluding hydrogens is 383 g/mol. The summed E-state index contributed by atoms with van der Waals surface area (Å²) in [6, 6.07) is 4.51. The van der Waals surface area contributed by atoms with Gasteiger partial charge in [0.15, 0.2) is 0 Å². The van der Waals surface area contributed by atoms with Crippen LogP contribution < -0.4 is 4.90 Å². The highest BCUT2D eigenvalue weighted by atomic mass is 19.3. The predicted octanol–water partition coefficient (Wildman–Crippen LogP) is 3.44. The molecule has 1 fully saturated rings. The zero-order valence-electron chi connectivity index (χ0n) is 15.5. The molecule has 29 heavy (non-hydrogen) atoms. The number of benzene rings is 1. The average Bonchev–Trinajstić information content (AvgIpc) is 3.28. The molecule has 1 aliphatic heterocycles. The molecule has 1 saturated heterocycles. The SMILES string of the molecule is CN=CC(C=N)c1cc2c(-c3cc(N4CCC(F)(F)C4)ncn3)n[nH]c2cc1F. The van der Waals surface area contributed by atoms with Gasteiger partial charge in [0.2, 0.25) is 0 Å². The normalized spacial score (nSPS) is 17.3. The second kappa shape index (κ2) is 7.26. The zero-order chi connectivity index (χ0) is 20.6. The number of anilines is 1. The van der Waals surface area contributed by atoms with E-state index in [9.17, 15) is 13.2 Å². The van der Waals surface area contributed by atoms with Gasteiger partial charge >= 0.3 is 0 Å². The van der Waals surface area contributed by atoms with Crippen LogP contribution in [0.5, 0.6) is 0 Å². The molecule has 0 bridgehead atoms. The van der Waals surface area contributed by atoms with Gasteiger partial charge in [-0.05, 0) is 12.1 Å². The van der Waals surface area contributed by atoms with Crippen LogP contribution in [-0.2, 0) is 0 Å². The van der Waals surface area contributed by atoms with Crippen LogP contribution in [-0.4, -0.2) is 58.7 Å². The Kier molecular flexibility index (Phi) is 4.77. The van der Waals surface area contributed by atoms with Crippen molar-refractivity contribution in [2.24, 2.45) is 4.99 Å². The highest BCUT2D eigenvalue weighted by Gasteiger charge is 2.38. The van der Waals surface area contributed by atoms with Gasteiger partial charge in [-0.1, -0.05) is 0 Å². The summed E-state index contributed by atoms with van der Waals surface area (Å²) in [7, 11) is 1.56. The first-order valence-electron chi connectivity index (χ1n) is 8.97. The summed E-state index contributed by atoms with van der Waals surface area (Å²) in [6.07, 6.45) is 3.67. The third kappa shape index (κ3) is 3.57. The van der Waals surface area contributed by atoms with Gasteiger partial charge in [-0.2, -0.15) is 5.10 Å². The van der Waals surface area contributed by atoms with Gasteiger partial charge < -0.3 is 10.3 Å². The Morgan fingerprint density at radius 3 is 2.83 bits per heavy atom. The molecule has 3 heterocycles. The standard InChI is InChI=1S/C19H18F3N7/c1-24-8-11(7-23)12-4-13-15(5-14(12)20)27-28-18(13)16-6-17(26-10-25-16)29-3-2-19(21,22)9-29/h4-8,10-11,23H,2-3,9H2,1H3,(H,27,28). The number of hydrogen-bond donors (Lipinski definition) is 2. The number of nitrogens with one attached hydrogen (secondary N) is 2. The lowest BCUT2D eigenvalue weighted by Gasteiger charge is -2.17. The van der Waals surface area contributed by atoms with Crippen LogP contribution in [0.1, 0.15) is 17.9 Å². The number of rotatable bonds is 5. The minimum Gasteiger partial charge on any atom is -0.350 e. The largest absolute Gasteiger partial charge is 0.350 e. The number of aromatic nitrogens is 4. The molecule has 2 N–H and O–H groups in total. The lowest BCUT2D eigenvalue weighted by molar-refractivity contribution is 0.0256. The van der Waals surface area contributed by atoms with Crippen LogP contribution >= 0.6 is 0 Å². The quantitative estimate of drug-likeness (QED) is 0.641. The number of H-pyrrole nitrogens is 1. The van der Waals surface area contributed by atoms with Crippen molar-refractivity contribution in [1.29, 1.82) is 5.41 Å². The van der Waals surface area contributed by atoms with E-state index >= 15 is 0 Å². The van der Waals surface area contributed by atoms with Crippen molar-refractivity contribution in [2.45, 2.75) is 18.3 Å². The molecule has 3 aromatic rings. The Labute approximate surface area is 164 Å². The second-order valence-electron chi connectivity index (χ2n) is 6.88. The second-order valence-corrected chi connectivity index (χ2v) is 6.88. The average molecular weight is 401 g/mol. The maximum Gasteiger partial charge on any atom is 0.266 e. The van der Waals surface area contributed by atoms with E-state index in [4.69, 9.17) is 5.41 Å². The number of aliphatic imine (C=N–C) groups is 1. The number of fused-ring (bicyclic) bond motifs is 1. The van der Waals surface area contributed by atoms with E-state index in [-0.39, 0.29) is 18.5 Å². The predicted molar refractivity (Wildman–Crippen MR) is 105 cm³/mol. The lowest BCUT2D eigenvalue weighted by atomic mass is 9.98. The van der Waals surface area contributed by atoms with Gasteiger partial charge in [0.25, 0.3) is 5.92 Å². The van der Waals surface area contributed by atoms with E-state index in [1.54, 1.807) is 19.2 Å². The molecule has 150 valence electrons. The first-order valence-corrected chi connectivity index (χ1v) is 8.97. The van der Waals surface area contributed by atoms with E-state index in [2.05, 4.69) is 25.2 Å². The Balaban J connectivity index is 1.77. The zero-order valence-corrected chi connectivity index (χ0v) is 15.5. The summed E-state index contributed by atoms with van der Waals surface area (Å²) >= 11 is 0. The Morgan fingerprint density at radius 2 is 2.14 bits per heavy atom. The van der Waals surface area contributed by atoms with E-state index in [0.29, 0.717) is 28.1 Å². The Bertz CT molecular complexity index is 1090. The van der Waals surface area contributed by atoms with Gasteiger partial charge in [-0.3, -0.25) is 10.1 Å². The third-order valence-corrected chi connectivity index (χ3v) is 4.92. The summed E-state index contributed by atoms with van der Waals surface area (Å²) in [5.41, 5.74) is 1.64. The molecule has 0 spiro atoms. The molecule has 1 aromatic carbocycles. The van der Waals surface area contributed by atoms with Crippen LogP contribution in [0.25, 0.3) is 22.3 Å². The fraction of sp³-hybridized carbons (Fsp3) is 0.316. The smallest absolute Gasteiger partial charge is 0.266 e. The topological polar surface area (TPSA) is 93.9 Å². The molecule has 4 rings (SSSR count). The van der Waals surface area contributed by atoms with Crippen LogP contribution in [0.4, 0.5) is 19.0 Å². The molecule has 0 amide bonds. The van der Waals surface area contributed by atoms with Crippen molar-refractivity contribution in [3.63, 3.8) is 0 Å². The minimum absolute atomic E-state index is 0.206. The van der Waals surface area contributed by atoms with Gasteiger partial charge in [-0.25, -0.2) is 23.1 Å². The van der Waals surface area contributed by atoms with Crippen molar-refractivity contribution in [1.82, 2.24) is 20.2 Å². The summed E-state index contributed by atoms with van der Waals surface area (Å²) in [5, 5.41) is 15.2. The third-order valence-electron chi connectivity index (χ3n) is 4.92. The van der Waals surface area contributed by atoms with Crippen molar-refractivity contribution in [3.8, 4) is 11.4 Å². The summed E-state index contributed by atoms with van der Waals surface area (Å²) in [5.74, 6) is -3.44. The van der Waals surface area contributed by atoms with Crippen LogP contribution in [0.3, 0.4) is 0 Å². The van der Waals surface area contributed by atoms with E-state index in [1.165, 1.54) is 23.5 Å². The molecule has 0 radical (unpaired) electrons. The Hall–Kier alpha value is -3.30. The van der Waals surface area contributed by atoms with E-state index in [0.717, 1.165) is 6.21 Å². The van der Waals surface area contributed by atoms with Crippen molar-refractivity contribution in [3.05, 3.63) is 35.9 Å². The van der Waals surface area contributed by atoms with Gasteiger partial charge in [0.05, 0.1) is 23.7 Å². The number of nitrogens with zero attached hydrogens (tertiary/aromatic N) is 5. The van der Waals surface area contributed by atoms with Crippen molar-refractivity contribution < 1.29 is 13.2 Å². The maximum atomic E-state index is 14.5. The van der Waals surface area contributed by atoms with E-state index in [1.807, 2.05) is 0 Å². The molecule has 0 aliphatic carbocycles. The number of alkyl halides is 2. The molecule has 7 nitrogen and oxygen atoms in total. The molecule has 10 heteroatoms. The van der Waals surface area contributed by atoms with Crippen LogP contribution in [0, 0.1) is 11.2 Å². The molecule has 2 aromatic heterocycles. The fourth-order valence-electron chi connectivity index (χ4n) is 3.46. The number of halogens is 3. The monoisotopic (exact) mass is 401 g/mol. The molecule has 1 atom stereocenters. The summed E-state index contributed by atoms with van der Waals surface area (Å²) in [4.78, 5) is 13.7. The fourth-order valence-corrected chi connectivity index (χ4v) is 3.46. The molecule has 1 aliphatic rings. The van der Waals surface area contributed by atoms with Crippen LogP contribution in [0.15, 0.2) is 29.5 Å². The van der Waals surface area contributed by atoms with Gasteiger partial charge in [0.1, 0.15) is 23.7 Å². The van der Waals surface area contributed by atoms with Crippen molar-refractivity contribution in [2.75, 3.05) is 25.0 Å². The number of hydrogen-bond acceptors (Lipinski definition) is 6. The minimum atomic E-state index is -2.74. The Morgan fingerprint density at radius 1 is 1.31 bits per heavy atom. The highest BCUT2D eigenvalue weighted by molar-refractivity contribution is 5.96. The van der Waals surface area contributed by atoms with Crippen molar-refractivity contribution >= 4 is 29.1 Å². The summed E-state index contributed by atoms with van der Waals surface area (Å²) in [6.45, 7) is -0.186. The highest BCUT2D eigenvalue weighted by Crippen LogP contribution is 2.33. The van der Waals surface area contributed by atoms with Gasteiger partial charge in [-0.15, -0.1) is 0 Å².